The molecule has 0 saturated heterocycles. The zero-order valence-electron chi connectivity index (χ0n) is 12.1. The average molecular weight is 281 g/mol. The summed E-state index contributed by atoms with van der Waals surface area (Å²) in [4.78, 5) is 34.6. The van der Waals surface area contributed by atoms with Gasteiger partial charge < -0.3 is 10.4 Å². The highest BCUT2D eigenvalue weighted by Crippen LogP contribution is 2.06. The zero-order valence-corrected chi connectivity index (χ0v) is 12.1. The molecule has 0 fully saturated rings. The van der Waals surface area contributed by atoms with Gasteiger partial charge in [0.1, 0.15) is 5.56 Å². The minimum atomic E-state index is -0.918. The average Bonchev–Trinajstić information content (AvgIpc) is 2.33. The Kier molecular flexibility index (Phi) is 5.01. The molecule has 0 aliphatic carbocycles. The summed E-state index contributed by atoms with van der Waals surface area (Å²) in [6, 6.07) is 0. The van der Waals surface area contributed by atoms with Crippen LogP contribution in [-0.2, 0) is 11.8 Å². The predicted molar refractivity (Wildman–Crippen MR) is 72.7 cm³/mol. The van der Waals surface area contributed by atoms with Crippen molar-refractivity contribution in [3.63, 3.8) is 0 Å². The molecule has 1 atom stereocenters. The van der Waals surface area contributed by atoms with Crippen LogP contribution >= 0.6 is 0 Å². The fourth-order valence-corrected chi connectivity index (χ4v) is 1.84. The first-order valence-corrected chi connectivity index (χ1v) is 6.28. The van der Waals surface area contributed by atoms with Crippen LogP contribution in [0.15, 0.2) is 4.79 Å². The fourth-order valence-electron chi connectivity index (χ4n) is 1.84. The maximum absolute atomic E-state index is 12.1. The SMILES string of the molecule is Cc1nn(C)c(=O)c(C(=O)NCC(C)CC(=O)O)c1C. The van der Waals surface area contributed by atoms with Gasteiger partial charge in [-0.2, -0.15) is 5.10 Å². The van der Waals surface area contributed by atoms with E-state index in [0.29, 0.717) is 11.3 Å². The minimum absolute atomic E-state index is 0.0351. The van der Waals surface area contributed by atoms with Gasteiger partial charge in [-0.3, -0.25) is 14.4 Å². The number of carboxylic acids is 1. The number of hydrogen-bond donors (Lipinski definition) is 2. The monoisotopic (exact) mass is 281 g/mol. The largest absolute Gasteiger partial charge is 0.481 e. The summed E-state index contributed by atoms with van der Waals surface area (Å²) < 4.78 is 1.12. The Bertz CT molecular complexity index is 592. The van der Waals surface area contributed by atoms with Crippen molar-refractivity contribution in [2.24, 2.45) is 13.0 Å². The third-order valence-electron chi connectivity index (χ3n) is 3.09. The summed E-state index contributed by atoms with van der Waals surface area (Å²) in [6.45, 7) is 5.31. The molecule has 0 spiro atoms. The molecule has 1 unspecified atom stereocenters. The van der Waals surface area contributed by atoms with Crippen LogP contribution in [0.25, 0.3) is 0 Å². The molecule has 1 heterocycles. The van der Waals surface area contributed by atoms with E-state index in [1.807, 2.05) is 0 Å². The van der Waals surface area contributed by atoms with Gasteiger partial charge in [0.05, 0.1) is 5.69 Å². The molecule has 0 radical (unpaired) electrons. The Balaban J connectivity index is 2.89. The van der Waals surface area contributed by atoms with Crippen LogP contribution in [0.1, 0.15) is 35.0 Å². The van der Waals surface area contributed by atoms with Gasteiger partial charge in [0, 0.05) is 20.0 Å². The number of aromatic nitrogens is 2. The molecule has 7 nitrogen and oxygen atoms in total. The van der Waals surface area contributed by atoms with Crippen LogP contribution in [-0.4, -0.2) is 33.3 Å². The van der Waals surface area contributed by atoms with Crippen molar-refractivity contribution in [2.45, 2.75) is 27.2 Å². The minimum Gasteiger partial charge on any atom is -0.481 e. The number of carbonyl (C=O) groups is 2. The van der Waals surface area contributed by atoms with Crippen LogP contribution in [0.4, 0.5) is 0 Å². The first kappa shape index (κ1) is 15.9. The molecule has 0 saturated carbocycles. The molecule has 20 heavy (non-hydrogen) atoms. The van der Waals surface area contributed by atoms with Crippen LogP contribution in [0, 0.1) is 19.8 Å². The summed E-state index contributed by atoms with van der Waals surface area (Å²) in [5.41, 5.74) is 0.742. The number of carbonyl (C=O) groups excluding carboxylic acids is 1. The van der Waals surface area contributed by atoms with Crippen LogP contribution in [0.3, 0.4) is 0 Å². The zero-order chi connectivity index (χ0) is 15.4. The number of aliphatic carboxylic acids is 1. The Labute approximate surface area is 116 Å². The highest BCUT2D eigenvalue weighted by atomic mass is 16.4. The molecule has 1 rings (SSSR count). The van der Waals surface area contributed by atoms with E-state index in [1.54, 1.807) is 20.8 Å². The number of amides is 1. The van der Waals surface area contributed by atoms with E-state index in [9.17, 15) is 14.4 Å². The summed E-state index contributed by atoms with van der Waals surface area (Å²) in [5.74, 6) is -1.62. The van der Waals surface area contributed by atoms with E-state index in [4.69, 9.17) is 5.11 Å². The van der Waals surface area contributed by atoms with Crippen molar-refractivity contribution in [3.8, 4) is 0 Å². The Hall–Kier alpha value is -2.18. The second kappa shape index (κ2) is 6.31. The van der Waals surface area contributed by atoms with Crippen molar-refractivity contribution >= 4 is 11.9 Å². The molecule has 0 bridgehead atoms. The Morgan fingerprint density at radius 2 is 2.00 bits per heavy atom. The lowest BCUT2D eigenvalue weighted by Gasteiger charge is -2.12. The van der Waals surface area contributed by atoms with Gasteiger partial charge in [-0.15, -0.1) is 0 Å². The number of carboxylic acid groups (broad SMARTS) is 1. The summed E-state index contributed by atoms with van der Waals surface area (Å²) in [5, 5.41) is 15.2. The molecule has 2 N–H and O–H groups in total. The van der Waals surface area contributed by atoms with E-state index in [-0.39, 0.29) is 24.4 Å². The van der Waals surface area contributed by atoms with Crippen molar-refractivity contribution in [1.29, 1.82) is 0 Å². The quantitative estimate of drug-likeness (QED) is 0.805. The van der Waals surface area contributed by atoms with Crippen molar-refractivity contribution in [1.82, 2.24) is 15.1 Å². The van der Waals surface area contributed by atoms with E-state index >= 15 is 0 Å². The Morgan fingerprint density at radius 1 is 1.40 bits per heavy atom. The molecule has 1 amide bonds. The first-order valence-electron chi connectivity index (χ1n) is 6.28. The summed E-state index contributed by atoms with van der Waals surface area (Å²) in [7, 11) is 1.48. The summed E-state index contributed by atoms with van der Waals surface area (Å²) in [6.07, 6.45) is -0.0351. The van der Waals surface area contributed by atoms with Crippen molar-refractivity contribution in [3.05, 3.63) is 27.2 Å². The number of hydrogen-bond acceptors (Lipinski definition) is 4. The molecular weight excluding hydrogens is 262 g/mol. The number of aryl methyl sites for hydroxylation is 2. The molecule has 110 valence electrons. The van der Waals surface area contributed by atoms with Crippen LogP contribution in [0.5, 0.6) is 0 Å². The number of nitrogens with one attached hydrogen (secondary N) is 1. The molecule has 1 aromatic heterocycles. The second-order valence-electron chi connectivity index (χ2n) is 4.93. The fraction of sp³-hybridized carbons (Fsp3) is 0.538. The topological polar surface area (TPSA) is 101 Å². The second-order valence-corrected chi connectivity index (χ2v) is 4.93. The van der Waals surface area contributed by atoms with Gasteiger partial charge >= 0.3 is 5.97 Å². The van der Waals surface area contributed by atoms with E-state index in [0.717, 1.165) is 4.68 Å². The van der Waals surface area contributed by atoms with Gasteiger partial charge in [-0.1, -0.05) is 6.92 Å². The predicted octanol–water partition coefficient (Wildman–Crippen LogP) is 0.238. The lowest BCUT2D eigenvalue weighted by molar-refractivity contribution is -0.137. The van der Waals surface area contributed by atoms with E-state index in [2.05, 4.69) is 10.4 Å². The van der Waals surface area contributed by atoms with Crippen LogP contribution in [0.2, 0.25) is 0 Å². The molecule has 0 aliphatic rings. The molecular formula is C13H19N3O4. The lowest BCUT2D eigenvalue weighted by Crippen LogP contribution is -2.37. The number of rotatable bonds is 5. The molecule has 1 aromatic rings. The maximum Gasteiger partial charge on any atom is 0.303 e. The van der Waals surface area contributed by atoms with E-state index in [1.165, 1.54) is 7.05 Å². The number of nitrogens with zero attached hydrogens (tertiary/aromatic N) is 2. The highest BCUT2D eigenvalue weighted by molar-refractivity contribution is 5.95. The highest BCUT2D eigenvalue weighted by Gasteiger charge is 2.18. The molecule has 0 aliphatic heterocycles. The smallest absolute Gasteiger partial charge is 0.303 e. The summed E-state index contributed by atoms with van der Waals surface area (Å²) >= 11 is 0. The van der Waals surface area contributed by atoms with Crippen molar-refractivity contribution < 1.29 is 14.7 Å². The maximum atomic E-state index is 12.1. The third-order valence-corrected chi connectivity index (χ3v) is 3.09. The molecule has 7 heteroatoms. The van der Waals surface area contributed by atoms with Gasteiger partial charge in [0.2, 0.25) is 0 Å². The van der Waals surface area contributed by atoms with Gasteiger partial charge in [0.25, 0.3) is 11.5 Å². The Morgan fingerprint density at radius 3 is 2.55 bits per heavy atom. The van der Waals surface area contributed by atoms with Gasteiger partial charge in [0.15, 0.2) is 0 Å². The normalized spacial score (nSPS) is 12.0. The standard InChI is InChI=1S/C13H19N3O4/c1-7(5-10(17)18)6-14-12(19)11-8(2)9(3)15-16(4)13(11)20/h7H,5-6H2,1-4H3,(H,14,19)(H,17,18). The lowest BCUT2D eigenvalue weighted by atomic mass is 10.1. The molecule has 0 aromatic carbocycles. The van der Waals surface area contributed by atoms with E-state index < -0.39 is 17.4 Å². The van der Waals surface area contributed by atoms with Gasteiger partial charge in [-0.25, -0.2) is 4.68 Å². The van der Waals surface area contributed by atoms with Crippen molar-refractivity contribution in [2.75, 3.05) is 6.54 Å². The third kappa shape index (κ3) is 3.66. The van der Waals surface area contributed by atoms with Crippen LogP contribution < -0.4 is 10.9 Å². The first-order chi connectivity index (χ1) is 9.23. The van der Waals surface area contributed by atoms with Gasteiger partial charge in [-0.05, 0) is 25.3 Å².